The van der Waals surface area contributed by atoms with Crippen LogP contribution in [0.15, 0.2) is 60.3 Å². The van der Waals surface area contributed by atoms with Crippen molar-refractivity contribution in [2.45, 2.75) is 20.0 Å². The standard InChI is InChI=1S/C20H20BIN2O3/c1-14(11-19(25)27-13-16-5-3-2-4-6-16)24-18-8-7-15(12-17(18)22)9-10-23-20(21)26/h2-8,11-12,24H,9-10,13H2,1H3,(H,23,26)/b14-11+. The Bertz CT molecular complexity index is 825. The largest absolute Gasteiger partial charge is 0.458 e. The lowest BCUT2D eigenvalue weighted by Gasteiger charge is -2.11. The number of rotatable bonds is 8. The molecule has 0 aliphatic carbocycles. The van der Waals surface area contributed by atoms with Crippen molar-refractivity contribution >= 4 is 47.9 Å². The molecule has 0 bridgehead atoms. The first-order valence-corrected chi connectivity index (χ1v) is 9.49. The maximum atomic E-state index is 11.9. The number of allylic oxidation sites excluding steroid dienone is 1. The van der Waals surface area contributed by atoms with Crippen LogP contribution in [-0.4, -0.2) is 26.2 Å². The highest BCUT2D eigenvalue weighted by Crippen LogP contribution is 2.21. The van der Waals surface area contributed by atoms with E-state index in [2.05, 4.69) is 33.2 Å². The molecule has 0 saturated heterocycles. The van der Waals surface area contributed by atoms with Crippen LogP contribution in [0.3, 0.4) is 0 Å². The summed E-state index contributed by atoms with van der Waals surface area (Å²) in [6.07, 6.45) is 2.13. The number of ether oxygens (including phenoxy) is 1. The number of anilines is 1. The van der Waals surface area contributed by atoms with Gasteiger partial charge in [0.1, 0.15) is 6.61 Å². The average Bonchev–Trinajstić information content (AvgIpc) is 2.63. The number of amides is 1. The zero-order valence-electron chi connectivity index (χ0n) is 15.0. The summed E-state index contributed by atoms with van der Waals surface area (Å²) in [5.41, 5.74) is 3.62. The molecule has 0 aliphatic rings. The molecule has 2 rings (SSSR count). The van der Waals surface area contributed by atoms with E-state index in [4.69, 9.17) is 12.6 Å². The quantitative estimate of drug-likeness (QED) is 0.265. The van der Waals surface area contributed by atoms with Crippen LogP contribution in [-0.2, 0) is 22.6 Å². The van der Waals surface area contributed by atoms with Crippen molar-refractivity contribution in [1.29, 1.82) is 0 Å². The van der Waals surface area contributed by atoms with Gasteiger partial charge in [0.05, 0.1) is 5.69 Å². The van der Waals surface area contributed by atoms with E-state index < -0.39 is 11.8 Å². The van der Waals surface area contributed by atoms with E-state index in [1.807, 2.05) is 55.5 Å². The molecule has 27 heavy (non-hydrogen) atoms. The van der Waals surface area contributed by atoms with Gasteiger partial charge in [-0.25, -0.2) is 4.79 Å². The lowest BCUT2D eigenvalue weighted by atomic mass is 10.1. The van der Waals surface area contributed by atoms with E-state index in [-0.39, 0.29) is 6.61 Å². The molecule has 2 aromatic rings. The van der Waals surface area contributed by atoms with Gasteiger partial charge in [0, 0.05) is 21.9 Å². The number of hydrogen-bond donors (Lipinski definition) is 2. The van der Waals surface area contributed by atoms with Gasteiger partial charge in [-0.15, -0.1) is 0 Å². The van der Waals surface area contributed by atoms with Crippen molar-refractivity contribution in [3.63, 3.8) is 0 Å². The Labute approximate surface area is 174 Å². The van der Waals surface area contributed by atoms with Crippen molar-refractivity contribution in [1.82, 2.24) is 5.32 Å². The van der Waals surface area contributed by atoms with Crippen LogP contribution in [0.4, 0.5) is 10.5 Å². The third-order valence-corrected chi connectivity index (χ3v) is 4.53. The highest BCUT2D eigenvalue weighted by atomic mass is 127. The number of halogens is 1. The van der Waals surface area contributed by atoms with Gasteiger partial charge >= 0.3 is 5.97 Å². The molecule has 0 aromatic heterocycles. The zero-order valence-corrected chi connectivity index (χ0v) is 17.2. The van der Waals surface area contributed by atoms with E-state index in [0.29, 0.717) is 18.7 Å². The molecule has 2 aromatic carbocycles. The van der Waals surface area contributed by atoms with E-state index in [1.165, 1.54) is 6.08 Å². The molecular weight excluding hydrogens is 454 g/mol. The third kappa shape index (κ3) is 7.86. The summed E-state index contributed by atoms with van der Waals surface area (Å²) in [6, 6.07) is 15.5. The Hall–Kier alpha value is -2.29. The molecule has 0 saturated carbocycles. The summed E-state index contributed by atoms with van der Waals surface area (Å²) in [4.78, 5) is 22.6. The predicted octanol–water partition coefficient (Wildman–Crippen LogP) is 3.77. The van der Waals surface area contributed by atoms with Gasteiger partial charge in [0.15, 0.2) is 13.7 Å². The predicted molar refractivity (Wildman–Crippen MR) is 116 cm³/mol. The maximum absolute atomic E-state index is 11.9. The molecule has 0 atom stereocenters. The van der Waals surface area contributed by atoms with Gasteiger partial charge in [-0.3, -0.25) is 4.79 Å². The van der Waals surface area contributed by atoms with Crippen molar-refractivity contribution in [2.24, 2.45) is 0 Å². The summed E-state index contributed by atoms with van der Waals surface area (Å²) >= 11 is 2.22. The van der Waals surface area contributed by atoms with Crippen LogP contribution in [0.5, 0.6) is 0 Å². The van der Waals surface area contributed by atoms with Gasteiger partial charge < -0.3 is 15.4 Å². The van der Waals surface area contributed by atoms with Gasteiger partial charge in [0.25, 0.3) is 0 Å². The van der Waals surface area contributed by atoms with E-state index in [9.17, 15) is 9.59 Å². The molecular formula is C20H20BIN2O3. The van der Waals surface area contributed by atoms with Crippen LogP contribution in [0.25, 0.3) is 0 Å². The lowest BCUT2D eigenvalue weighted by Crippen LogP contribution is -2.23. The topological polar surface area (TPSA) is 67.4 Å². The first kappa shape index (κ1) is 21.0. The molecule has 0 unspecified atom stereocenters. The summed E-state index contributed by atoms with van der Waals surface area (Å²) in [7, 11) is 5.05. The third-order valence-electron chi connectivity index (χ3n) is 3.64. The number of carbonyl (C=O) groups excluding carboxylic acids is 2. The normalized spacial score (nSPS) is 11.0. The maximum Gasteiger partial charge on any atom is 0.332 e. The fourth-order valence-corrected chi connectivity index (χ4v) is 3.06. The van der Waals surface area contributed by atoms with E-state index in [0.717, 1.165) is 20.4 Å². The summed E-state index contributed by atoms with van der Waals surface area (Å²) in [5.74, 6) is -0.920. The van der Waals surface area contributed by atoms with Gasteiger partial charge in [0.2, 0.25) is 0 Å². The molecule has 7 heteroatoms. The summed E-state index contributed by atoms with van der Waals surface area (Å²) < 4.78 is 6.26. The average molecular weight is 474 g/mol. The van der Waals surface area contributed by atoms with Crippen LogP contribution in [0.1, 0.15) is 18.1 Å². The Kier molecular flexibility index (Phi) is 8.38. The lowest BCUT2D eigenvalue weighted by molar-refractivity contribution is -0.139. The number of esters is 1. The molecule has 1 amide bonds. The summed E-state index contributed by atoms with van der Waals surface area (Å²) in [5, 5.41) is 5.77. The number of hydrogen-bond acceptors (Lipinski definition) is 4. The Morgan fingerprint density at radius 2 is 1.89 bits per heavy atom. The Balaban J connectivity index is 1.88. The highest BCUT2D eigenvalue weighted by Gasteiger charge is 2.05. The molecule has 5 nitrogen and oxygen atoms in total. The van der Waals surface area contributed by atoms with Gasteiger partial charge in [-0.1, -0.05) is 36.4 Å². The molecule has 0 aliphatic heterocycles. The monoisotopic (exact) mass is 474 g/mol. The fraction of sp³-hybridized carbons (Fsp3) is 0.200. The Morgan fingerprint density at radius 1 is 1.15 bits per heavy atom. The minimum absolute atomic E-state index is 0.245. The smallest absolute Gasteiger partial charge is 0.332 e. The number of carbonyl (C=O) groups is 2. The van der Waals surface area contributed by atoms with Gasteiger partial charge in [-0.05, 0) is 59.2 Å². The molecule has 2 N–H and O–H groups in total. The molecule has 0 spiro atoms. The second-order valence-corrected chi connectivity index (χ2v) is 7.06. The van der Waals surface area contributed by atoms with Crippen LogP contribution >= 0.6 is 22.6 Å². The zero-order chi connectivity index (χ0) is 19.6. The molecule has 0 heterocycles. The first-order chi connectivity index (χ1) is 12.9. The fourth-order valence-electron chi connectivity index (χ4n) is 2.34. The Morgan fingerprint density at radius 3 is 2.56 bits per heavy atom. The molecule has 0 fully saturated rings. The molecule has 2 radical (unpaired) electrons. The number of nitrogens with one attached hydrogen (secondary N) is 2. The molecule has 138 valence electrons. The second kappa shape index (κ2) is 10.8. The second-order valence-electron chi connectivity index (χ2n) is 5.90. The van der Waals surface area contributed by atoms with E-state index >= 15 is 0 Å². The SMILES string of the molecule is [B]C(=O)NCCc1ccc(N/C(C)=C/C(=O)OCc2ccccc2)c(I)c1. The van der Waals surface area contributed by atoms with Crippen molar-refractivity contribution in [3.8, 4) is 0 Å². The minimum Gasteiger partial charge on any atom is -0.458 e. The van der Waals surface area contributed by atoms with Crippen molar-refractivity contribution in [2.75, 3.05) is 11.9 Å². The van der Waals surface area contributed by atoms with Crippen LogP contribution < -0.4 is 10.6 Å². The van der Waals surface area contributed by atoms with Crippen LogP contribution in [0.2, 0.25) is 0 Å². The van der Waals surface area contributed by atoms with Crippen molar-refractivity contribution in [3.05, 3.63) is 75.0 Å². The van der Waals surface area contributed by atoms with Crippen molar-refractivity contribution < 1.29 is 14.3 Å². The summed E-state index contributed by atoms with van der Waals surface area (Å²) in [6.45, 7) is 2.55. The van der Waals surface area contributed by atoms with Crippen LogP contribution in [0, 0.1) is 3.57 Å². The minimum atomic E-state index is -0.525. The first-order valence-electron chi connectivity index (χ1n) is 8.42. The number of benzene rings is 2. The van der Waals surface area contributed by atoms with Gasteiger partial charge in [-0.2, -0.15) is 0 Å². The highest BCUT2D eigenvalue weighted by molar-refractivity contribution is 14.1. The van der Waals surface area contributed by atoms with E-state index in [1.54, 1.807) is 0 Å².